The van der Waals surface area contributed by atoms with Crippen LogP contribution in [0.3, 0.4) is 0 Å². The van der Waals surface area contributed by atoms with Crippen LogP contribution < -0.4 is 15.1 Å². The molecule has 6 heteroatoms. The highest BCUT2D eigenvalue weighted by molar-refractivity contribution is 6.08. The van der Waals surface area contributed by atoms with Crippen LogP contribution in [0.15, 0.2) is 45.6 Å². The van der Waals surface area contributed by atoms with E-state index in [1.54, 1.807) is 19.1 Å². The molecule has 0 fully saturated rings. The van der Waals surface area contributed by atoms with Crippen molar-refractivity contribution in [2.24, 2.45) is 0 Å². The Balaban J connectivity index is 1.87. The fraction of sp³-hybridized carbons (Fsp3) is 0.227. The largest absolute Gasteiger partial charge is 0.482 e. The zero-order chi connectivity index (χ0) is 20.4. The molecule has 0 saturated carbocycles. The second kappa shape index (κ2) is 7.68. The normalized spacial score (nSPS) is 10.7. The summed E-state index contributed by atoms with van der Waals surface area (Å²) in [6, 6.07) is 10.1. The standard InChI is InChI=1S/C22H20O6/c1-12-5-7-17(14(3)9-12)26-11-20(25)27-18-8-6-16-13(2)10-19(24)28-22(16)21(18)15(4)23/h5-10H,11H2,1-4H3. The lowest BCUT2D eigenvalue weighted by Crippen LogP contribution is -2.19. The van der Waals surface area contributed by atoms with Gasteiger partial charge in [0.05, 0.1) is 0 Å². The first-order valence-corrected chi connectivity index (χ1v) is 8.75. The van der Waals surface area contributed by atoms with Gasteiger partial charge in [-0.15, -0.1) is 0 Å². The number of Topliss-reactive ketones (excluding diaryl/α,β-unsaturated/α-hetero) is 1. The Morgan fingerprint density at radius 1 is 0.964 bits per heavy atom. The monoisotopic (exact) mass is 380 g/mol. The molecule has 0 radical (unpaired) electrons. The molecule has 0 spiro atoms. The minimum absolute atomic E-state index is 0.0305. The molecule has 0 aliphatic heterocycles. The predicted molar refractivity (Wildman–Crippen MR) is 104 cm³/mol. The van der Waals surface area contributed by atoms with Gasteiger partial charge < -0.3 is 13.9 Å². The zero-order valence-corrected chi connectivity index (χ0v) is 16.1. The Hall–Kier alpha value is -3.41. The number of hydrogen-bond acceptors (Lipinski definition) is 6. The van der Waals surface area contributed by atoms with Crippen molar-refractivity contribution in [3.05, 3.63) is 69.1 Å². The number of aryl methyl sites for hydroxylation is 3. The van der Waals surface area contributed by atoms with Gasteiger partial charge in [0.1, 0.15) is 17.1 Å². The number of ketones is 1. The summed E-state index contributed by atoms with van der Waals surface area (Å²) in [5.74, 6) is -0.438. The van der Waals surface area contributed by atoms with Crippen molar-refractivity contribution in [2.45, 2.75) is 27.7 Å². The third kappa shape index (κ3) is 3.96. The number of benzene rings is 2. The molecule has 0 unspecified atom stereocenters. The van der Waals surface area contributed by atoms with E-state index in [1.165, 1.54) is 19.1 Å². The second-order valence-electron chi connectivity index (χ2n) is 6.65. The molecule has 1 heterocycles. The lowest BCUT2D eigenvalue weighted by molar-refractivity contribution is -0.136. The molecule has 2 aromatic carbocycles. The van der Waals surface area contributed by atoms with E-state index >= 15 is 0 Å². The van der Waals surface area contributed by atoms with E-state index in [-0.39, 0.29) is 29.3 Å². The van der Waals surface area contributed by atoms with Crippen LogP contribution in [0.1, 0.15) is 34.0 Å². The van der Waals surface area contributed by atoms with E-state index in [9.17, 15) is 14.4 Å². The minimum Gasteiger partial charge on any atom is -0.482 e. The fourth-order valence-electron chi connectivity index (χ4n) is 3.03. The van der Waals surface area contributed by atoms with Crippen molar-refractivity contribution in [2.75, 3.05) is 6.61 Å². The Kier molecular flexibility index (Phi) is 5.31. The van der Waals surface area contributed by atoms with Gasteiger partial charge in [-0.2, -0.15) is 0 Å². The third-order valence-corrected chi connectivity index (χ3v) is 4.33. The lowest BCUT2D eigenvalue weighted by atomic mass is 10.0. The molecule has 0 atom stereocenters. The summed E-state index contributed by atoms with van der Waals surface area (Å²) >= 11 is 0. The van der Waals surface area contributed by atoms with Gasteiger partial charge in [0, 0.05) is 11.5 Å². The van der Waals surface area contributed by atoms with E-state index in [0.717, 1.165) is 11.1 Å². The number of hydrogen-bond donors (Lipinski definition) is 0. The molecule has 3 rings (SSSR count). The molecular weight excluding hydrogens is 360 g/mol. The van der Waals surface area contributed by atoms with Crippen LogP contribution in [0.5, 0.6) is 11.5 Å². The van der Waals surface area contributed by atoms with E-state index in [2.05, 4.69) is 0 Å². The number of esters is 1. The Labute approximate surface area is 161 Å². The van der Waals surface area contributed by atoms with Crippen molar-refractivity contribution in [3.8, 4) is 11.5 Å². The maximum absolute atomic E-state index is 12.3. The molecule has 0 amide bonds. The molecule has 0 N–H and O–H groups in total. The summed E-state index contributed by atoms with van der Waals surface area (Å²) in [5.41, 5.74) is 2.25. The minimum atomic E-state index is -0.670. The van der Waals surface area contributed by atoms with Gasteiger partial charge in [-0.05, 0) is 57.0 Å². The average molecular weight is 380 g/mol. The highest BCUT2D eigenvalue weighted by Crippen LogP contribution is 2.29. The molecular formula is C22H20O6. The second-order valence-corrected chi connectivity index (χ2v) is 6.65. The fourth-order valence-corrected chi connectivity index (χ4v) is 3.03. The number of carbonyl (C=O) groups is 2. The van der Waals surface area contributed by atoms with Gasteiger partial charge in [0.15, 0.2) is 18.0 Å². The van der Waals surface area contributed by atoms with Crippen LogP contribution in [-0.4, -0.2) is 18.4 Å². The summed E-state index contributed by atoms with van der Waals surface area (Å²) in [7, 11) is 0. The summed E-state index contributed by atoms with van der Waals surface area (Å²) in [5, 5.41) is 0.608. The zero-order valence-electron chi connectivity index (χ0n) is 16.1. The molecule has 1 aromatic heterocycles. The molecule has 144 valence electrons. The summed E-state index contributed by atoms with van der Waals surface area (Å²) in [6.07, 6.45) is 0. The van der Waals surface area contributed by atoms with Gasteiger partial charge in [-0.25, -0.2) is 9.59 Å². The molecule has 3 aromatic rings. The van der Waals surface area contributed by atoms with Gasteiger partial charge in [-0.1, -0.05) is 17.7 Å². The van der Waals surface area contributed by atoms with Gasteiger partial charge >= 0.3 is 11.6 Å². The maximum Gasteiger partial charge on any atom is 0.349 e. The third-order valence-electron chi connectivity index (χ3n) is 4.33. The molecule has 0 aliphatic carbocycles. The summed E-state index contributed by atoms with van der Waals surface area (Å²) < 4.78 is 16.1. The van der Waals surface area contributed by atoms with Crippen LogP contribution in [0.4, 0.5) is 0 Å². The number of rotatable bonds is 5. The first-order valence-electron chi connectivity index (χ1n) is 8.75. The Morgan fingerprint density at radius 2 is 1.68 bits per heavy atom. The van der Waals surface area contributed by atoms with Gasteiger partial charge in [0.25, 0.3) is 0 Å². The lowest BCUT2D eigenvalue weighted by Gasteiger charge is -2.12. The molecule has 0 aliphatic rings. The quantitative estimate of drug-likeness (QED) is 0.289. The Bertz CT molecular complexity index is 1140. The number of carbonyl (C=O) groups excluding carboxylic acids is 2. The van der Waals surface area contributed by atoms with Crippen molar-refractivity contribution < 1.29 is 23.5 Å². The topological polar surface area (TPSA) is 82.8 Å². The van der Waals surface area contributed by atoms with Crippen LogP contribution in [0, 0.1) is 20.8 Å². The van der Waals surface area contributed by atoms with Crippen molar-refractivity contribution in [1.82, 2.24) is 0 Å². The summed E-state index contributed by atoms with van der Waals surface area (Å²) in [6.45, 7) is 6.59. The van der Waals surface area contributed by atoms with Crippen molar-refractivity contribution in [3.63, 3.8) is 0 Å². The van der Waals surface area contributed by atoms with Crippen LogP contribution in [0.2, 0.25) is 0 Å². The first kappa shape index (κ1) is 19.4. The molecule has 6 nitrogen and oxygen atoms in total. The van der Waals surface area contributed by atoms with E-state index < -0.39 is 11.6 Å². The van der Waals surface area contributed by atoms with Crippen LogP contribution in [-0.2, 0) is 4.79 Å². The average Bonchev–Trinajstić information content (AvgIpc) is 2.60. The van der Waals surface area contributed by atoms with E-state index in [1.807, 2.05) is 26.0 Å². The first-order chi connectivity index (χ1) is 13.3. The van der Waals surface area contributed by atoms with Crippen molar-refractivity contribution in [1.29, 1.82) is 0 Å². The van der Waals surface area contributed by atoms with Crippen molar-refractivity contribution >= 4 is 22.7 Å². The summed E-state index contributed by atoms with van der Waals surface area (Å²) in [4.78, 5) is 36.1. The number of fused-ring (bicyclic) bond motifs is 1. The molecule has 28 heavy (non-hydrogen) atoms. The highest BCUT2D eigenvalue weighted by atomic mass is 16.6. The molecule has 0 saturated heterocycles. The Morgan fingerprint density at radius 3 is 2.36 bits per heavy atom. The van der Waals surface area contributed by atoms with E-state index in [4.69, 9.17) is 13.9 Å². The predicted octanol–water partition coefficient (Wildman–Crippen LogP) is 3.91. The van der Waals surface area contributed by atoms with E-state index in [0.29, 0.717) is 16.7 Å². The van der Waals surface area contributed by atoms with Gasteiger partial charge in [0.2, 0.25) is 0 Å². The van der Waals surface area contributed by atoms with Crippen LogP contribution >= 0.6 is 0 Å². The van der Waals surface area contributed by atoms with Gasteiger partial charge in [-0.3, -0.25) is 4.79 Å². The number of ether oxygens (including phenoxy) is 2. The SMILES string of the molecule is CC(=O)c1c(OC(=O)COc2ccc(C)cc2C)ccc2c(C)cc(=O)oc12. The van der Waals surface area contributed by atoms with Crippen LogP contribution in [0.25, 0.3) is 11.0 Å². The highest BCUT2D eigenvalue weighted by Gasteiger charge is 2.20. The maximum atomic E-state index is 12.3. The molecule has 0 bridgehead atoms. The smallest absolute Gasteiger partial charge is 0.349 e.